The summed E-state index contributed by atoms with van der Waals surface area (Å²) in [5, 5.41) is 6.15. The van der Waals surface area contributed by atoms with Crippen LogP contribution in [0.2, 0.25) is 10.0 Å². The van der Waals surface area contributed by atoms with Crippen molar-refractivity contribution in [3.05, 3.63) is 76.8 Å². The van der Waals surface area contributed by atoms with E-state index in [2.05, 4.69) is 0 Å². The Labute approximate surface area is 175 Å². The maximum Gasteiger partial charge on any atom is 0.266 e. The van der Waals surface area contributed by atoms with Crippen LogP contribution in [0, 0.1) is 0 Å². The number of primary sulfonamides is 1. The lowest BCUT2D eigenvalue weighted by Crippen LogP contribution is -2.23. The van der Waals surface area contributed by atoms with Crippen molar-refractivity contribution in [1.29, 1.82) is 0 Å². The van der Waals surface area contributed by atoms with Crippen LogP contribution in [0.1, 0.15) is 0 Å². The summed E-state index contributed by atoms with van der Waals surface area (Å²) in [6.07, 6.45) is 0. The molecule has 0 radical (unpaired) electrons. The third-order valence-electron chi connectivity index (χ3n) is 3.87. The average Bonchev–Trinajstić information content (AvgIpc) is 2.61. The van der Waals surface area contributed by atoms with Crippen molar-refractivity contribution < 1.29 is 17.2 Å². The summed E-state index contributed by atoms with van der Waals surface area (Å²) in [6.45, 7) is 0. The van der Waals surface area contributed by atoms with Crippen LogP contribution in [0.3, 0.4) is 0 Å². The van der Waals surface area contributed by atoms with Crippen molar-refractivity contribution >= 4 is 55.9 Å². The fourth-order valence-electron chi connectivity index (χ4n) is 2.70. The fourth-order valence-corrected chi connectivity index (χ4v) is 4.62. The molecule has 3 rings (SSSR count). The second kappa shape index (κ2) is 8.20. The molecule has 0 aliphatic carbocycles. The van der Waals surface area contributed by atoms with Gasteiger partial charge < -0.3 is 0 Å². The Morgan fingerprint density at radius 1 is 0.964 bits per heavy atom. The topological polar surface area (TPSA) is 101 Å². The molecule has 0 fully saturated rings. The van der Waals surface area contributed by atoms with Crippen molar-refractivity contribution in [2.24, 2.45) is 5.14 Å². The monoisotopic (exact) mass is 456 g/mol. The highest BCUT2D eigenvalue weighted by Crippen LogP contribution is 2.36. The first-order valence-corrected chi connectivity index (χ1v) is 11.1. The lowest BCUT2D eigenvalue weighted by molar-refractivity contribution is 0.564. The van der Waals surface area contributed by atoms with Crippen LogP contribution in [0.25, 0.3) is 11.1 Å². The van der Waals surface area contributed by atoms with Crippen molar-refractivity contribution in [1.82, 2.24) is 0 Å². The highest BCUT2D eigenvalue weighted by molar-refractivity contribution is 7.89. The maximum atomic E-state index is 12.1. The molecule has 10 heteroatoms. The summed E-state index contributed by atoms with van der Waals surface area (Å²) < 4.78 is 46.8. The summed E-state index contributed by atoms with van der Waals surface area (Å²) in [5.41, 5.74) is 1.57. The van der Waals surface area contributed by atoms with E-state index in [1.54, 1.807) is 48.5 Å². The van der Waals surface area contributed by atoms with Gasteiger partial charge in [0.1, 0.15) is 4.90 Å². The van der Waals surface area contributed by atoms with Gasteiger partial charge in [0.2, 0.25) is 10.0 Å². The van der Waals surface area contributed by atoms with E-state index in [1.165, 1.54) is 18.2 Å². The number of hydrogen-bond acceptors (Lipinski definition) is 3. The normalized spacial score (nSPS) is 12.6. The van der Waals surface area contributed by atoms with E-state index in [0.717, 1.165) is 4.31 Å². The molecule has 0 bridgehead atoms. The largest absolute Gasteiger partial charge is 0.289 e. The third-order valence-corrected chi connectivity index (χ3v) is 6.10. The minimum atomic E-state index is -4.12. The van der Waals surface area contributed by atoms with Crippen molar-refractivity contribution in [2.45, 2.75) is 4.90 Å². The molecule has 0 aliphatic heterocycles. The Morgan fingerprint density at radius 3 is 2.32 bits per heavy atom. The summed E-state index contributed by atoms with van der Waals surface area (Å²) in [6, 6.07) is 17.3. The molecule has 0 saturated heterocycles. The second-order valence-corrected chi connectivity index (χ2v) is 8.91. The van der Waals surface area contributed by atoms with Crippen molar-refractivity contribution in [3.63, 3.8) is 0 Å². The van der Waals surface area contributed by atoms with Crippen LogP contribution in [0.5, 0.6) is 0 Å². The summed E-state index contributed by atoms with van der Waals surface area (Å²) in [7, 11) is -4.12. The number of benzene rings is 3. The number of nitrogens with two attached hydrogens (primary N) is 1. The molecule has 1 unspecified atom stereocenters. The molecule has 3 aromatic carbocycles. The van der Waals surface area contributed by atoms with Gasteiger partial charge in [-0.25, -0.2) is 22.1 Å². The molecule has 3 N–H and O–H groups in total. The van der Waals surface area contributed by atoms with Gasteiger partial charge in [0.25, 0.3) is 11.3 Å². The molecule has 3 aromatic rings. The van der Waals surface area contributed by atoms with Gasteiger partial charge in [-0.15, -0.1) is 0 Å². The molecule has 0 aromatic heterocycles. The highest BCUT2D eigenvalue weighted by atomic mass is 35.5. The first-order valence-electron chi connectivity index (χ1n) is 7.77. The van der Waals surface area contributed by atoms with Gasteiger partial charge >= 0.3 is 0 Å². The van der Waals surface area contributed by atoms with Crippen LogP contribution >= 0.6 is 23.2 Å². The number of anilines is 2. The molecular weight excluding hydrogens is 443 g/mol. The van der Waals surface area contributed by atoms with E-state index < -0.39 is 21.3 Å². The first kappa shape index (κ1) is 20.8. The minimum absolute atomic E-state index is 0.0230. The van der Waals surface area contributed by atoms with Crippen LogP contribution in [0.4, 0.5) is 11.4 Å². The Kier molecular flexibility index (Phi) is 6.09. The molecule has 146 valence electrons. The smallest absolute Gasteiger partial charge is 0.266 e. The molecular formula is C18H14Cl2N2O4S2. The molecule has 1 atom stereocenters. The summed E-state index contributed by atoms with van der Waals surface area (Å²) >= 11 is 9.63. The van der Waals surface area contributed by atoms with E-state index in [9.17, 15) is 17.2 Å². The standard InChI is InChI=1S/C18H14Cl2N2O4S2/c19-13-8-9-15(16(20)11-13)12-4-3-5-14(10-12)22(27(23)24)17-6-1-2-7-18(17)28(21,25)26/h1-11H,(H,23,24)(H2,21,25,26). The van der Waals surface area contributed by atoms with E-state index in [0.29, 0.717) is 21.2 Å². The number of sulfonamides is 1. The van der Waals surface area contributed by atoms with Crippen LogP contribution in [0.15, 0.2) is 71.6 Å². The lowest BCUT2D eigenvalue weighted by atomic mass is 10.0. The second-order valence-electron chi connectivity index (χ2n) is 5.71. The SMILES string of the molecule is NS(=O)(=O)c1ccccc1N(c1cccc(-c2ccc(Cl)cc2Cl)c1)S(=O)O. The number of halogens is 2. The van der Waals surface area contributed by atoms with Crippen molar-refractivity contribution in [2.75, 3.05) is 4.31 Å². The maximum absolute atomic E-state index is 12.1. The van der Waals surface area contributed by atoms with E-state index >= 15 is 0 Å². The zero-order chi connectivity index (χ0) is 20.5. The predicted molar refractivity (Wildman–Crippen MR) is 113 cm³/mol. The van der Waals surface area contributed by atoms with Crippen LogP contribution in [-0.4, -0.2) is 17.2 Å². The number of para-hydroxylation sites is 1. The van der Waals surface area contributed by atoms with Gasteiger partial charge in [0, 0.05) is 15.6 Å². The van der Waals surface area contributed by atoms with Crippen LogP contribution in [-0.2, 0) is 21.3 Å². The summed E-state index contributed by atoms with van der Waals surface area (Å²) in [5.74, 6) is 0. The Balaban J connectivity index is 2.17. The lowest BCUT2D eigenvalue weighted by Gasteiger charge is -2.22. The zero-order valence-electron chi connectivity index (χ0n) is 14.1. The van der Waals surface area contributed by atoms with Gasteiger partial charge in [0.05, 0.1) is 11.4 Å². The number of hydrogen-bond donors (Lipinski definition) is 2. The zero-order valence-corrected chi connectivity index (χ0v) is 17.3. The number of nitrogens with zero attached hydrogens (tertiary/aromatic N) is 1. The van der Waals surface area contributed by atoms with Gasteiger partial charge in [-0.1, -0.05) is 53.5 Å². The van der Waals surface area contributed by atoms with Gasteiger partial charge in [0.15, 0.2) is 0 Å². The van der Waals surface area contributed by atoms with Crippen molar-refractivity contribution in [3.8, 4) is 11.1 Å². The summed E-state index contributed by atoms with van der Waals surface area (Å²) in [4.78, 5) is -0.271. The van der Waals surface area contributed by atoms with E-state index in [4.69, 9.17) is 28.3 Å². The Bertz CT molecular complexity index is 1170. The van der Waals surface area contributed by atoms with Gasteiger partial charge in [-0.05, 0) is 42.0 Å². The van der Waals surface area contributed by atoms with Crippen LogP contribution < -0.4 is 9.44 Å². The third kappa shape index (κ3) is 4.38. The van der Waals surface area contributed by atoms with E-state index in [-0.39, 0.29) is 16.3 Å². The number of rotatable bonds is 5. The van der Waals surface area contributed by atoms with Gasteiger partial charge in [-0.3, -0.25) is 4.55 Å². The quantitative estimate of drug-likeness (QED) is 0.548. The fraction of sp³-hybridized carbons (Fsp3) is 0. The molecule has 28 heavy (non-hydrogen) atoms. The van der Waals surface area contributed by atoms with E-state index in [1.807, 2.05) is 0 Å². The molecule has 0 heterocycles. The average molecular weight is 457 g/mol. The molecule has 6 nitrogen and oxygen atoms in total. The molecule has 0 spiro atoms. The van der Waals surface area contributed by atoms with Gasteiger partial charge in [-0.2, -0.15) is 0 Å². The molecule has 0 amide bonds. The molecule has 0 saturated carbocycles. The first-order chi connectivity index (χ1) is 13.2. The Hall–Kier alpha value is -1.94. The Morgan fingerprint density at radius 2 is 1.68 bits per heavy atom. The molecule has 0 aliphatic rings. The predicted octanol–water partition coefficient (Wildman–Crippen LogP) is 4.58. The minimum Gasteiger partial charge on any atom is -0.289 e. The highest BCUT2D eigenvalue weighted by Gasteiger charge is 2.23.